The monoisotopic (exact) mass is 258 g/mol. The van der Waals surface area contributed by atoms with Crippen LogP contribution in [0.15, 0.2) is 17.8 Å². The van der Waals surface area contributed by atoms with Crippen molar-refractivity contribution in [2.24, 2.45) is 0 Å². The van der Waals surface area contributed by atoms with Gasteiger partial charge in [-0.1, -0.05) is 0 Å². The second-order valence-electron chi connectivity index (χ2n) is 3.37. The van der Waals surface area contributed by atoms with Gasteiger partial charge in [0.25, 0.3) is 0 Å². The molecule has 0 radical (unpaired) electrons. The van der Waals surface area contributed by atoms with E-state index in [-0.39, 0.29) is 22.8 Å². The fourth-order valence-corrected chi connectivity index (χ4v) is 2.29. The maximum absolute atomic E-state index is 11.0. The van der Waals surface area contributed by atoms with Crippen molar-refractivity contribution in [1.82, 2.24) is 9.55 Å². The van der Waals surface area contributed by atoms with E-state index in [1.165, 1.54) is 10.9 Å². The number of rotatable bonds is 3. The smallest absolute Gasteiger partial charge is 0.346 e. The Labute approximate surface area is 106 Å². The van der Waals surface area contributed by atoms with Crippen molar-refractivity contribution >= 4 is 17.3 Å². The molecule has 0 spiro atoms. The molecule has 0 bridgehead atoms. The number of aromatic carboxylic acids is 1. The summed E-state index contributed by atoms with van der Waals surface area (Å²) < 4.78 is 1.47. The summed E-state index contributed by atoms with van der Waals surface area (Å²) in [6.07, 6.45) is 1.36. The number of imidazole rings is 1. The van der Waals surface area contributed by atoms with Crippen LogP contribution in [0.25, 0.3) is 0 Å². The second-order valence-corrected chi connectivity index (χ2v) is 4.29. The summed E-state index contributed by atoms with van der Waals surface area (Å²) in [5.74, 6) is -1.00. The van der Waals surface area contributed by atoms with Gasteiger partial charge in [0, 0.05) is 0 Å². The topological polar surface area (TPSA) is 103 Å². The Balaban J connectivity index is 2.39. The van der Waals surface area contributed by atoms with E-state index in [1.54, 1.807) is 11.4 Å². The molecule has 1 N–H and O–H groups in total. The Morgan fingerprint density at radius 2 is 2.28 bits per heavy atom. The molecule has 88 valence electrons. The highest BCUT2D eigenvalue weighted by Gasteiger charge is 2.15. The SMILES string of the molecule is N#Cc1ncn(Cc2ccsc2C(=O)O)c1C#N. The van der Waals surface area contributed by atoms with Crippen molar-refractivity contribution in [3.05, 3.63) is 39.6 Å². The number of aromatic nitrogens is 2. The number of nitriles is 2. The first-order chi connectivity index (χ1) is 8.67. The van der Waals surface area contributed by atoms with Gasteiger partial charge >= 0.3 is 5.97 Å². The van der Waals surface area contributed by atoms with Gasteiger partial charge in [0.2, 0.25) is 0 Å². The van der Waals surface area contributed by atoms with Gasteiger partial charge in [0.05, 0.1) is 12.9 Å². The van der Waals surface area contributed by atoms with Crippen molar-refractivity contribution in [1.29, 1.82) is 10.5 Å². The van der Waals surface area contributed by atoms with Crippen molar-refractivity contribution < 1.29 is 9.90 Å². The molecule has 18 heavy (non-hydrogen) atoms. The van der Waals surface area contributed by atoms with Gasteiger partial charge < -0.3 is 9.67 Å². The van der Waals surface area contributed by atoms with Gasteiger partial charge in [0.1, 0.15) is 17.0 Å². The van der Waals surface area contributed by atoms with Crippen LogP contribution in [-0.4, -0.2) is 20.6 Å². The molecule has 0 aliphatic rings. The molecule has 0 aromatic carbocycles. The van der Waals surface area contributed by atoms with Crippen LogP contribution in [0.3, 0.4) is 0 Å². The quantitative estimate of drug-likeness (QED) is 0.897. The summed E-state index contributed by atoms with van der Waals surface area (Å²) >= 11 is 1.12. The maximum Gasteiger partial charge on any atom is 0.346 e. The lowest BCUT2D eigenvalue weighted by atomic mass is 10.2. The van der Waals surface area contributed by atoms with Crippen LogP contribution in [0.4, 0.5) is 0 Å². The average Bonchev–Trinajstić information content (AvgIpc) is 2.95. The highest BCUT2D eigenvalue weighted by molar-refractivity contribution is 7.12. The van der Waals surface area contributed by atoms with Gasteiger partial charge in [-0.2, -0.15) is 10.5 Å². The molecule has 7 heteroatoms. The first-order valence-electron chi connectivity index (χ1n) is 4.82. The zero-order valence-electron chi connectivity index (χ0n) is 8.99. The van der Waals surface area contributed by atoms with Crippen molar-refractivity contribution in [3.63, 3.8) is 0 Å². The fourth-order valence-electron chi connectivity index (χ4n) is 1.53. The minimum Gasteiger partial charge on any atom is -0.477 e. The minimum atomic E-state index is -1.00. The predicted molar refractivity (Wildman–Crippen MR) is 62.0 cm³/mol. The molecule has 0 amide bonds. The third-order valence-electron chi connectivity index (χ3n) is 2.33. The number of hydrogen-bond donors (Lipinski definition) is 1. The second kappa shape index (κ2) is 4.70. The van der Waals surface area contributed by atoms with Crippen molar-refractivity contribution in [2.75, 3.05) is 0 Å². The molecule has 0 saturated heterocycles. The Morgan fingerprint density at radius 3 is 2.89 bits per heavy atom. The van der Waals surface area contributed by atoms with Crippen LogP contribution in [0, 0.1) is 22.7 Å². The molecular formula is C11H6N4O2S. The Hall–Kier alpha value is -2.64. The molecule has 0 saturated carbocycles. The van der Waals surface area contributed by atoms with Gasteiger partial charge in [-0.05, 0) is 17.0 Å². The molecule has 0 unspecified atom stereocenters. The largest absolute Gasteiger partial charge is 0.477 e. The summed E-state index contributed by atoms with van der Waals surface area (Å²) in [6, 6.07) is 5.39. The van der Waals surface area contributed by atoms with Crippen LogP contribution in [0.2, 0.25) is 0 Å². The molecule has 0 aliphatic carbocycles. The van der Waals surface area contributed by atoms with Crippen LogP contribution in [0.1, 0.15) is 26.6 Å². The van der Waals surface area contributed by atoms with Gasteiger partial charge in [0.15, 0.2) is 11.4 Å². The third kappa shape index (κ3) is 1.95. The third-order valence-corrected chi connectivity index (χ3v) is 3.28. The first kappa shape index (κ1) is 11.8. The normalized spacial score (nSPS) is 9.67. The molecule has 2 heterocycles. The lowest BCUT2D eigenvalue weighted by molar-refractivity contribution is 0.0701. The number of hydrogen-bond acceptors (Lipinski definition) is 5. The van der Waals surface area contributed by atoms with E-state index in [2.05, 4.69) is 4.98 Å². The lowest BCUT2D eigenvalue weighted by Gasteiger charge is -2.02. The maximum atomic E-state index is 11.0. The van der Waals surface area contributed by atoms with E-state index in [0.29, 0.717) is 5.56 Å². The lowest BCUT2D eigenvalue weighted by Crippen LogP contribution is -2.05. The van der Waals surface area contributed by atoms with E-state index in [9.17, 15) is 4.79 Å². The number of thiophene rings is 1. The van der Waals surface area contributed by atoms with E-state index in [1.807, 2.05) is 12.1 Å². The Morgan fingerprint density at radius 1 is 1.50 bits per heavy atom. The fraction of sp³-hybridized carbons (Fsp3) is 0.0909. The van der Waals surface area contributed by atoms with E-state index < -0.39 is 5.97 Å². The number of nitrogens with zero attached hydrogens (tertiary/aromatic N) is 4. The van der Waals surface area contributed by atoms with E-state index in [0.717, 1.165) is 11.3 Å². The summed E-state index contributed by atoms with van der Waals surface area (Å²) in [6.45, 7) is 0.211. The first-order valence-corrected chi connectivity index (χ1v) is 5.70. The number of carbonyl (C=O) groups is 1. The van der Waals surface area contributed by atoms with Crippen molar-refractivity contribution in [3.8, 4) is 12.1 Å². The van der Waals surface area contributed by atoms with Crippen LogP contribution >= 0.6 is 11.3 Å². The predicted octanol–water partition coefficient (Wildman–Crippen LogP) is 1.43. The number of carboxylic acids is 1. The Bertz CT molecular complexity index is 687. The molecule has 0 atom stereocenters. The van der Waals surface area contributed by atoms with Crippen LogP contribution in [0.5, 0.6) is 0 Å². The molecular weight excluding hydrogens is 252 g/mol. The highest BCUT2D eigenvalue weighted by Crippen LogP contribution is 2.19. The Kier molecular flexibility index (Phi) is 3.09. The minimum absolute atomic E-state index is 0.0459. The van der Waals surface area contributed by atoms with Crippen LogP contribution in [-0.2, 0) is 6.54 Å². The standard InChI is InChI=1S/C11H6N4O2S/c12-3-8-9(4-13)15(6-14-8)5-7-1-2-18-10(7)11(16)17/h1-2,6H,5H2,(H,16,17). The zero-order valence-corrected chi connectivity index (χ0v) is 9.81. The number of carboxylic acid groups (broad SMARTS) is 1. The van der Waals surface area contributed by atoms with Crippen molar-refractivity contribution in [2.45, 2.75) is 6.54 Å². The highest BCUT2D eigenvalue weighted by atomic mass is 32.1. The van der Waals surface area contributed by atoms with Gasteiger partial charge in [-0.3, -0.25) is 0 Å². The van der Waals surface area contributed by atoms with E-state index >= 15 is 0 Å². The summed E-state index contributed by atoms with van der Waals surface area (Å²) in [5, 5.41) is 28.4. The summed E-state index contributed by atoms with van der Waals surface area (Å²) in [5.41, 5.74) is 0.774. The molecule has 0 aliphatic heterocycles. The average molecular weight is 258 g/mol. The van der Waals surface area contributed by atoms with Gasteiger partial charge in [-0.15, -0.1) is 11.3 Å². The molecule has 0 fully saturated rings. The molecule has 6 nitrogen and oxygen atoms in total. The summed E-state index contributed by atoms with van der Waals surface area (Å²) in [4.78, 5) is 15.0. The van der Waals surface area contributed by atoms with Gasteiger partial charge in [-0.25, -0.2) is 9.78 Å². The summed E-state index contributed by atoms with van der Waals surface area (Å²) in [7, 11) is 0. The van der Waals surface area contributed by atoms with Crippen LogP contribution < -0.4 is 0 Å². The van der Waals surface area contributed by atoms with E-state index in [4.69, 9.17) is 15.6 Å². The molecule has 2 aromatic rings. The zero-order chi connectivity index (χ0) is 13.1. The molecule has 2 aromatic heterocycles. The molecule has 2 rings (SSSR count).